The van der Waals surface area contributed by atoms with E-state index in [1.165, 1.54) is 47.6 Å². The van der Waals surface area contributed by atoms with E-state index in [-0.39, 0.29) is 20.1 Å². The molecule has 0 atom stereocenters. The Hall–Kier alpha value is -3.12. The van der Waals surface area contributed by atoms with Gasteiger partial charge in [-0.1, -0.05) is 41.8 Å². The van der Waals surface area contributed by atoms with Crippen LogP contribution >= 0.6 is 0 Å². The number of pyridine rings is 3. The van der Waals surface area contributed by atoms with Crippen LogP contribution in [-0.4, -0.2) is 28.2 Å². The Morgan fingerprint density at radius 1 is 0.854 bits per heavy atom. The first kappa shape index (κ1) is 36.2. The maximum atomic E-state index is 6.12. The van der Waals surface area contributed by atoms with Crippen molar-refractivity contribution in [1.29, 1.82) is 0 Å². The van der Waals surface area contributed by atoms with Gasteiger partial charge in [0.15, 0.2) is 0 Å². The molecule has 0 bridgehead atoms. The molecule has 0 N–H and O–H groups in total. The third kappa shape index (κ3) is 8.53. The fourth-order valence-corrected chi connectivity index (χ4v) is 10.1. The number of benzene rings is 2. The molecule has 1 fully saturated rings. The van der Waals surface area contributed by atoms with Crippen LogP contribution in [-0.2, 0) is 26.5 Å². The van der Waals surface area contributed by atoms with Crippen molar-refractivity contribution in [2.75, 3.05) is 0 Å². The number of nitrogens with zero attached hydrogens (tertiary/aromatic N) is 3. The molecule has 48 heavy (non-hydrogen) atoms. The van der Waals surface area contributed by atoms with Crippen LogP contribution in [0.2, 0.25) is 17.3 Å². The number of aryl methyl sites for hydroxylation is 1. The number of hydrogen-bond acceptors (Lipinski definition) is 4. The van der Waals surface area contributed by atoms with Crippen molar-refractivity contribution in [1.82, 2.24) is 15.0 Å². The van der Waals surface area contributed by atoms with E-state index in [2.05, 4.69) is 96.7 Å². The van der Waals surface area contributed by atoms with Crippen LogP contribution in [0.15, 0.2) is 83.5 Å². The number of fused-ring (bicyclic) bond motifs is 3. The first-order valence-electron chi connectivity index (χ1n) is 17.1. The molecule has 4 heterocycles. The summed E-state index contributed by atoms with van der Waals surface area (Å²) in [7, 11) is 0. The summed E-state index contributed by atoms with van der Waals surface area (Å²) in [6, 6.07) is 29.5. The SMILES string of the molecule is CC(C)(C)Cc1cc(-c2[c-]cccc2)nc[c]1[Ge]([CH3])([CH3])[CH3].Cc1ccc2c(n1)oc1c(-c3cc(C4CCCCC4)ccn3)[c-]ccc12.[Ir]. The molecule has 0 spiro atoms. The smallest absolute Gasteiger partial charge is 0.216 e. The maximum absolute atomic E-state index is 6.12. The van der Waals surface area contributed by atoms with Crippen molar-refractivity contribution in [3.63, 3.8) is 0 Å². The molecule has 1 saturated carbocycles. The van der Waals surface area contributed by atoms with Crippen molar-refractivity contribution in [2.45, 2.75) is 89.4 Å². The Kier molecular flexibility index (Phi) is 11.4. The molecule has 2 aromatic carbocycles. The molecular formula is C42H47GeIrN3O-2. The quantitative estimate of drug-likeness (QED) is 0.128. The zero-order valence-corrected chi connectivity index (χ0v) is 33.9. The maximum Gasteiger partial charge on any atom is 0.216 e. The second-order valence-electron chi connectivity index (χ2n) is 15.3. The molecule has 6 aromatic rings. The third-order valence-corrected chi connectivity index (χ3v) is 13.4. The third-order valence-electron chi connectivity index (χ3n) is 9.06. The van der Waals surface area contributed by atoms with E-state index in [0.717, 1.165) is 51.0 Å². The van der Waals surface area contributed by atoms with Gasteiger partial charge in [0.2, 0.25) is 5.71 Å². The molecule has 1 radical (unpaired) electrons. The zero-order chi connectivity index (χ0) is 33.2. The molecule has 0 unspecified atom stereocenters. The van der Waals surface area contributed by atoms with E-state index in [1.54, 1.807) is 0 Å². The van der Waals surface area contributed by atoms with Gasteiger partial charge in [0.1, 0.15) is 0 Å². The van der Waals surface area contributed by atoms with Crippen molar-refractivity contribution in [3.8, 4) is 22.5 Å². The molecule has 0 aliphatic heterocycles. The van der Waals surface area contributed by atoms with Gasteiger partial charge in [-0.2, -0.15) is 0 Å². The van der Waals surface area contributed by atoms with Gasteiger partial charge >= 0.3 is 132 Å². The van der Waals surface area contributed by atoms with E-state index in [9.17, 15) is 0 Å². The summed E-state index contributed by atoms with van der Waals surface area (Å²) in [5.74, 6) is 7.98. The Labute approximate surface area is 302 Å². The largest absolute Gasteiger partial charge is 0.486 e. The van der Waals surface area contributed by atoms with Gasteiger partial charge in [0.05, 0.1) is 5.58 Å². The van der Waals surface area contributed by atoms with Gasteiger partial charge in [-0.3, -0.25) is 0 Å². The minimum Gasteiger partial charge on any atom is -0.486 e. The summed E-state index contributed by atoms with van der Waals surface area (Å²) in [6.45, 7) is 8.90. The fourth-order valence-electron chi connectivity index (χ4n) is 6.77. The number of rotatable bonds is 5. The summed E-state index contributed by atoms with van der Waals surface area (Å²) in [5.41, 5.74) is 9.64. The van der Waals surface area contributed by atoms with Crippen LogP contribution < -0.4 is 4.40 Å². The minimum absolute atomic E-state index is 0. The van der Waals surface area contributed by atoms with Crippen molar-refractivity contribution in [2.24, 2.45) is 5.41 Å². The predicted molar refractivity (Wildman–Crippen MR) is 199 cm³/mol. The number of aromatic nitrogens is 3. The molecule has 4 nitrogen and oxygen atoms in total. The Morgan fingerprint density at radius 3 is 2.35 bits per heavy atom. The Morgan fingerprint density at radius 2 is 1.65 bits per heavy atom. The standard InChI is InChI=1S/C23H21N2O.C19H26GeN.Ir/c1-15-10-11-19-18-8-5-9-20(22(18)26-23(19)25-15)21-14-17(12-13-24-21)16-6-3-2-4-7-16;1-19(2,3)13-16-12-18(15-10-8-7-9-11-15)21-14-17(16)20(4,5)6;/h5,8,10-14,16H,2-4,6-7H2,1H3;7-10,12,14H,13H2,1-6H3;/q2*-1;. The van der Waals surface area contributed by atoms with E-state index in [4.69, 9.17) is 9.40 Å². The van der Waals surface area contributed by atoms with Gasteiger partial charge in [-0.15, -0.1) is 18.2 Å². The fraction of sp³-hybridized carbons (Fsp3) is 0.357. The van der Waals surface area contributed by atoms with Gasteiger partial charge < -0.3 is 9.40 Å². The number of hydrogen-bond donors (Lipinski definition) is 0. The van der Waals surface area contributed by atoms with Crippen LogP contribution in [0, 0.1) is 24.5 Å². The molecule has 7 rings (SSSR count). The first-order chi connectivity index (χ1) is 22.5. The Balaban J connectivity index is 0.000000189. The second kappa shape index (κ2) is 15.2. The molecule has 4 aromatic heterocycles. The normalized spacial score (nSPS) is 14.0. The zero-order valence-electron chi connectivity index (χ0n) is 29.4. The van der Waals surface area contributed by atoms with Gasteiger partial charge in [0, 0.05) is 37.4 Å². The second-order valence-corrected chi connectivity index (χ2v) is 25.9. The van der Waals surface area contributed by atoms with Crippen LogP contribution in [0.1, 0.15) is 75.6 Å². The molecule has 6 heteroatoms. The van der Waals surface area contributed by atoms with Crippen LogP contribution in [0.25, 0.3) is 44.6 Å². The van der Waals surface area contributed by atoms with Gasteiger partial charge in [-0.05, 0) is 49.6 Å². The van der Waals surface area contributed by atoms with E-state index in [0.29, 0.717) is 17.0 Å². The van der Waals surface area contributed by atoms with E-state index < -0.39 is 13.3 Å². The summed E-state index contributed by atoms with van der Waals surface area (Å²) in [6.07, 6.45) is 11.8. The monoisotopic (exact) mass is 876 g/mol. The van der Waals surface area contributed by atoms with Crippen LogP contribution in [0.3, 0.4) is 0 Å². The first-order valence-corrected chi connectivity index (χ1v) is 24.4. The van der Waals surface area contributed by atoms with Gasteiger partial charge in [-0.25, -0.2) is 4.98 Å². The average molecular weight is 875 g/mol. The van der Waals surface area contributed by atoms with E-state index >= 15 is 0 Å². The van der Waals surface area contributed by atoms with Crippen molar-refractivity contribution in [3.05, 3.63) is 108 Å². The van der Waals surface area contributed by atoms with E-state index in [1.807, 2.05) is 49.5 Å². The van der Waals surface area contributed by atoms with Gasteiger partial charge in [0.25, 0.3) is 0 Å². The summed E-state index contributed by atoms with van der Waals surface area (Å²) < 4.78 is 7.65. The topological polar surface area (TPSA) is 51.8 Å². The summed E-state index contributed by atoms with van der Waals surface area (Å²) in [5, 5.41) is 2.12. The minimum atomic E-state index is -1.90. The Bertz CT molecular complexity index is 1980. The van der Waals surface area contributed by atoms with Crippen molar-refractivity contribution >= 4 is 39.7 Å². The number of furan rings is 1. The van der Waals surface area contributed by atoms with Crippen LogP contribution in [0.5, 0.6) is 0 Å². The average Bonchev–Trinajstić information content (AvgIpc) is 3.42. The molecule has 0 saturated heterocycles. The summed E-state index contributed by atoms with van der Waals surface area (Å²) >= 11 is -1.90. The molecule has 1 aliphatic carbocycles. The van der Waals surface area contributed by atoms with Crippen LogP contribution in [0.4, 0.5) is 0 Å². The molecule has 0 amide bonds. The molecule has 1 aliphatic rings. The van der Waals surface area contributed by atoms with Crippen molar-refractivity contribution < 1.29 is 24.5 Å². The summed E-state index contributed by atoms with van der Waals surface area (Å²) in [4.78, 5) is 13.9. The molecular weight excluding hydrogens is 827 g/mol. The predicted octanol–water partition coefficient (Wildman–Crippen LogP) is 10.9. The molecule has 251 valence electrons.